The smallest absolute Gasteiger partial charge is 0.123 e. The standard InChI is InChI=1S/C12H8Br2FN/c13-10-5-8(6-11(14)12(10)16)7-1-3-9(15)4-2-7/h1-6H,16H2. The summed E-state index contributed by atoms with van der Waals surface area (Å²) in [6, 6.07) is 10.2. The zero-order valence-electron chi connectivity index (χ0n) is 8.18. The third kappa shape index (κ3) is 2.28. The van der Waals surface area contributed by atoms with E-state index in [1.165, 1.54) is 12.1 Å². The van der Waals surface area contributed by atoms with Gasteiger partial charge in [0.25, 0.3) is 0 Å². The molecule has 0 aliphatic carbocycles. The van der Waals surface area contributed by atoms with Crippen LogP contribution in [0.15, 0.2) is 45.3 Å². The van der Waals surface area contributed by atoms with Gasteiger partial charge in [-0.2, -0.15) is 0 Å². The summed E-state index contributed by atoms with van der Waals surface area (Å²) in [5.41, 5.74) is 8.38. The summed E-state index contributed by atoms with van der Waals surface area (Å²) in [4.78, 5) is 0. The summed E-state index contributed by atoms with van der Waals surface area (Å²) in [6.45, 7) is 0. The molecule has 0 radical (unpaired) electrons. The predicted octanol–water partition coefficient (Wildman–Crippen LogP) is 4.60. The predicted molar refractivity (Wildman–Crippen MR) is 71.6 cm³/mol. The van der Waals surface area contributed by atoms with Crippen molar-refractivity contribution in [1.82, 2.24) is 0 Å². The Morgan fingerprint density at radius 1 is 0.875 bits per heavy atom. The maximum absolute atomic E-state index is 12.8. The molecular formula is C12H8Br2FN. The van der Waals surface area contributed by atoms with E-state index < -0.39 is 0 Å². The summed E-state index contributed by atoms with van der Waals surface area (Å²) in [6.07, 6.45) is 0. The van der Waals surface area contributed by atoms with E-state index in [-0.39, 0.29) is 5.82 Å². The number of anilines is 1. The Bertz CT molecular complexity index is 500. The number of benzene rings is 2. The van der Waals surface area contributed by atoms with Crippen LogP contribution in [0.1, 0.15) is 0 Å². The first kappa shape index (κ1) is 11.6. The van der Waals surface area contributed by atoms with Crippen molar-refractivity contribution in [3.05, 3.63) is 51.2 Å². The highest BCUT2D eigenvalue weighted by molar-refractivity contribution is 9.11. The molecule has 0 aliphatic rings. The van der Waals surface area contributed by atoms with Crippen LogP contribution in [0, 0.1) is 5.82 Å². The lowest BCUT2D eigenvalue weighted by molar-refractivity contribution is 0.628. The molecule has 2 aromatic rings. The maximum atomic E-state index is 12.8. The topological polar surface area (TPSA) is 26.0 Å². The Hall–Kier alpha value is -0.870. The Kier molecular flexibility index (Phi) is 3.30. The van der Waals surface area contributed by atoms with Gasteiger partial charge in [-0.05, 0) is 67.3 Å². The van der Waals surface area contributed by atoms with Crippen molar-refractivity contribution in [2.75, 3.05) is 5.73 Å². The van der Waals surface area contributed by atoms with Crippen LogP contribution in [0.5, 0.6) is 0 Å². The van der Waals surface area contributed by atoms with Gasteiger partial charge < -0.3 is 5.73 Å². The fourth-order valence-corrected chi connectivity index (χ4v) is 2.58. The summed E-state index contributed by atoms with van der Waals surface area (Å²) in [7, 11) is 0. The molecule has 0 fully saturated rings. The van der Waals surface area contributed by atoms with Gasteiger partial charge in [-0.25, -0.2) is 4.39 Å². The molecule has 0 amide bonds. The molecule has 2 aromatic carbocycles. The van der Waals surface area contributed by atoms with Gasteiger partial charge in [0, 0.05) is 8.95 Å². The minimum Gasteiger partial charge on any atom is -0.397 e. The lowest BCUT2D eigenvalue weighted by Gasteiger charge is -2.07. The van der Waals surface area contributed by atoms with Crippen molar-refractivity contribution in [2.24, 2.45) is 0 Å². The molecule has 0 aliphatic heterocycles. The second-order valence-corrected chi connectivity index (χ2v) is 5.07. The van der Waals surface area contributed by atoms with E-state index in [0.717, 1.165) is 20.1 Å². The van der Waals surface area contributed by atoms with Gasteiger partial charge in [0.15, 0.2) is 0 Å². The number of rotatable bonds is 1. The van der Waals surface area contributed by atoms with E-state index in [1.807, 2.05) is 12.1 Å². The highest BCUT2D eigenvalue weighted by Crippen LogP contribution is 2.33. The third-order valence-corrected chi connectivity index (χ3v) is 3.57. The Balaban J connectivity index is 2.52. The van der Waals surface area contributed by atoms with Crippen LogP contribution < -0.4 is 5.73 Å². The van der Waals surface area contributed by atoms with Crippen molar-refractivity contribution in [3.63, 3.8) is 0 Å². The fraction of sp³-hybridized carbons (Fsp3) is 0. The third-order valence-electron chi connectivity index (χ3n) is 2.26. The number of hydrogen-bond donors (Lipinski definition) is 1. The fourth-order valence-electron chi connectivity index (χ4n) is 1.39. The molecule has 4 heteroatoms. The van der Waals surface area contributed by atoms with E-state index in [2.05, 4.69) is 31.9 Å². The molecule has 2 rings (SSSR count). The first-order chi connectivity index (χ1) is 7.58. The van der Waals surface area contributed by atoms with E-state index in [1.54, 1.807) is 12.1 Å². The minimum atomic E-state index is -0.239. The summed E-state index contributed by atoms with van der Waals surface area (Å²) < 4.78 is 14.4. The summed E-state index contributed by atoms with van der Waals surface area (Å²) >= 11 is 6.76. The Morgan fingerprint density at radius 3 is 1.88 bits per heavy atom. The number of halogens is 3. The van der Waals surface area contributed by atoms with Gasteiger partial charge in [-0.1, -0.05) is 12.1 Å². The lowest BCUT2D eigenvalue weighted by Crippen LogP contribution is -1.89. The number of nitrogens with two attached hydrogens (primary N) is 1. The van der Waals surface area contributed by atoms with E-state index >= 15 is 0 Å². The monoisotopic (exact) mass is 343 g/mol. The summed E-state index contributed by atoms with van der Waals surface area (Å²) in [5, 5.41) is 0. The molecule has 1 nitrogen and oxygen atoms in total. The molecule has 0 spiro atoms. The SMILES string of the molecule is Nc1c(Br)cc(-c2ccc(F)cc2)cc1Br. The van der Waals surface area contributed by atoms with Crippen LogP contribution >= 0.6 is 31.9 Å². The van der Waals surface area contributed by atoms with E-state index in [9.17, 15) is 4.39 Å². The van der Waals surface area contributed by atoms with E-state index in [0.29, 0.717) is 5.69 Å². The first-order valence-electron chi connectivity index (χ1n) is 4.58. The van der Waals surface area contributed by atoms with E-state index in [4.69, 9.17) is 5.73 Å². The molecule has 2 N–H and O–H groups in total. The molecular weight excluding hydrogens is 337 g/mol. The van der Waals surface area contributed by atoms with Crippen LogP contribution in [0.3, 0.4) is 0 Å². The van der Waals surface area contributed by atoms with Gasteiger partial charge in [0.2, 0.25) is 0 Å². The van der Waals surface area contributed by atoms with Crippen LogP contribution in [-0.4, -0.2) is 0 Å². The highest BCUT2D eigenvalue weighted by Gasteiger charge is 2.05. The molecule has 16 heavy (non-hydrogen) atoms. The average Bonchev–Trinajstić information content (AvgIpc) is 2.26. The number of hydrogen-bond acceptors (Lipinski definition) is 1. The molecule has 0 unspecified atom stereocenters. The Labute approximate surface area is 110 Å². The van der Waals surface area contributed by atoms with Crippen molar-refractivity contribution in [3.8, 4) is 11.1 Å². The van der Waals surface area contributed by atoms with Crippen molar-refractivity contribution in [2.45, 2.75) is 0 Å². The zero-order valence-corrected chi connectivity index (χ0v) is 11.3. The largest absolute Gasteiger partial charge is 0.397 e. The Morgan fingerprint density at radius 2 is 1.38 bits per heavy atom. The van der Waals surface area contributed by atoms with Crippen molar-refractivity contribution >= 4 is 37.5 Å². The molecule has 0 heterocycles. The van der Waals surface area contributed by atoms with Crippen molar-refractivity contribution < 1.29 is 4.39 Å². The molecule has 0 saturated carbocycles. The second kappa shape index (κ2) is 4.55. The van der Waals surface area contributed by atoms with Gasteiger partial charge in [-0.3, -0.25) is 0 Å². The zero-order chi connectivity index (χ0) is 11.7. The van der Waals surface area contributed by atoms with Gasteiger partial charge in [-0.15, -0.1) is 0 Å². The molecule has 0 saturated heterocycles. The molecule has 0 bridgehead atoms. The average molecular weight is 345 g/mol. The second-order valence-electron chi connectivity index (χ2n) is 3.36. The van der Waals surface area contributed by atoms with Crippen LogP contribution in [0.25, 0.3) is 11.1 Å². The maximum Gasteiger partial charge on any atom is 0.123 e. The van der Waals surface area contributed by atoms with Gasteiger partial charge >= 0.3 is 0 Å². The molecule has 0 aromatic heterocycles. The first-order valence-corrected chi connectivity index (χ1v) is 6.17. The van der Waals surface area contributed by atoms with Gasteiger partial charge in [0.1, 0.15) is 5.82 Å². The highest BCUT2D eigenvalue weighted by atomic mass is 79.9. The lowest BCUT2D eigenvalue weighted by atomic mass is 10.1. The van der Waals surface area contributed by atoms with Gasteiger partial charge in [0.05, 0.1) is 5.69 Å². The van der Waals surface area contributed by atoms with Crippen LogP contribution in [-0.2, 0) is 0 Å². The van der Waals surface area contributed by atoms with Crippen LogP contribution in [0.4, 0.5) is 10.1 Å². The van der Waals surface area contributed by atoms with Crippen LogP contribution in [0.2, 0.25) is 0 Å². The minimum absolute atomic E-state index is 0.239. The normalized spacial score (nSPS) is 10.4. The number of nitrogen functional groups attached to an aromatic ring is 1. The quantitative estimate of drug-likeness (QED) is 0.752. The van der Waals surface area contributed by atoms with Crippen molar-refractivity contribution in [1.29, 1.82) is 0 Å². The summed E-state index contributed by atoms with van der Waals surface area (Å²) in [5.74, 6) is -0.239. The molecule has 82 valence electrons. The molecule has 0 atom stereocenters.